The molecule has 1 aliphatic heterocycles. The Hall–Kier alpha value is -2.62. The van der Waals surface area contributed by atoms with Crippen molar-refractivity contribution in [3.63, 3.8) is 0 Å². The van der Waals surface area contributed by atoms with E-state index in [2.05, 4.69) is 20.6 Å². The molecular formula is C14H10F3N5OS. The van der Waals surface area contributed by atoms with E-state index in [9.17, 15) is 18.0 Å². The van der Waals surface area contributed by atoms with E-state index in [1.165, 1.54) is 18.0 Å². The van der Waals surface area contributed by atoms with Gasteiger partial charge >= 0.3 is 6.18 Å². The van der Waals surface area contributed by atoms with E-state index < -0.39 is 11.7 Å². The molecule has 0 atom stereocenters. The zero-order chi connectivity index (χ0) is 17.2. The molecule has 1 aliphatic rings. The molecule has 0 radical (unpaired) electrons. The molecule has 2 aromatic rings. The van der Waals surface area contributed by atoms with E-state index >= 15 is 0 Å². The van der Waals surface area contributed by atoms with Crippen LogP contribution in [0.1, 0.15) is 11.1 Å². The van der Waals surface area contributed by atoms with Crippen molar-refractivity contribution in [1.82, 2.24) is 15.1 Å². The second-order valence-corrected chi connectivity index (χ2v) is 5.71. The molecule has 3 rings (SSSR count). The Labute approximate surface area is 138 Å². The second-order valence-electron chi connectivity index (χ2n) is 4.75. The molecule has 1 aromatic heterocycles. The van der Waals surface area contributed by atoms with Gasteiger partial charge in [-0.3, -0.25) is 4.79 Å². The van der Waals surface area contributed by atoms with Crippen LogP contribution in [0.5, 0.6) is 0 Å². The third-order valence-corrected chi connectivity index (χ3v) is 3.87. The summed E-state index contributed by atoms with van der Waals surface area (Å²) in [4.78, 5) is 11.0. The van der Waals surface area contributed by atoms with Crippen molar-refractivity contribution in [2.45, 2.75) is 6.18 Å². The van der Waals surface area contributed by atoms with Gasteiger partial charge in [-0.05, 0) is 17.7 Å². The van der Waals surface area contributed by atoms with E-state index in [-0.39, 0.29) is 5.91 Å². The highest BCUT2D eigenvalue weighted by atomic mass is 32.2. The molecule has 10 heteroatoms. The van der Waals surface area contributed by atoms with Crippen molar-refractivity contribution in [1.29, 1.82) is 0 Å². The van der Waals surface area contributed by atoms with Crippen molar-refractivity contribution < 1.29 is 18.0 Å². The van der Waals surface area contributed by atoms with Crippen LogP contribution >= 0.6 is 11.8 Å². The first-order valence-electron chi connectivity index (χ1n) is 6.68. The van der Waals surface area contributed by atoms with Crippen LogP contribution in [0, 0.1) is 0 Å². The highest BCUT2D eigenvalue weighted by Gasteiger charge is 2.32. The summed E-state index contributed by atoms with van der Waals surface area (Å²) in [7, 11) is 0. The molecule has 2 heterocycles. The fourth-order valence-corrected chi connectivity index (χ4v) is 2.48. The lowest BCUT2D eigenvalue weighted by Crippen LogP contribution is -2.19. The molecule has 1 N–H and O–H groups in total. The van der Waals surface area contributed by atoms with Crippen LogP contribution in [-0.4, -0.2) is 32.8 Å². The SMILES string of the molecule is O=C1CSC(=NN=Cc2ccc(-n3cc(C(F)(F)F)cn3)cc2)N1. The first kappa shape index (κ1) is 16.2. The van der Waals surface area contributed by atoms with E-state index in [4.69, 9.17) is 0 Å². The second kappa shape index (κ2) is 6.48. The van der Waals surface area contributed by atoms with E-state index in [1.54, 1.807) is 24.3 Å². The fourth-order valence-electron chi connectivity index (χ4n) is 1.85. The lowest BCUT2D eigenvalue weighted by Gasteiger charge is -2.02. The molecule has 0 spiro atoms. The minimum Gasteiger partial charge on any atom is -0.303 e. The maximum Gasteiger partial charge on any atom is 0.419 e. The van der Waals surface area contributed by atoms with Gasteiger partial charge in [0.25, 0.3) is 0 Å². The molecule has 0 bridgehead atoms. The number of rotatable bonds is 3. The van der Waals surface area contributed by atoms with Crippen molar-refractivity contribution in [2.75, 3.05) is 5.75 Å². The summed E-state index contributed by atoms with van der Waals surface area (Å²) in [5.41, 5.74) is 0.397. The molecule has 0 saturated carbocycles. The van der Waals surface area contributed by atoms with Crippen LogP contribution in [0.15, 0.2) is 46.9 Å². The zero-order valence-corrected chi connectivity index (χ0v) is 12.8. The number of carbonyl (C=O) groups excluding carboxylic acids is 1. The van der Waals surface area contributed by atoms with Gasteiger partial charge in [-0.15, -0.1) is 5.10 Å². The third-order valence-electron chi connectivity index (χ3n) is 3.01. The fraction of sp³-hybridized carbons (Fsp3) is 0.143. The zero-order valence-electron chi connectivity index (χ0n) is 12.0. The lowest BCUT2D eigenvalue weighted by atomic mass is 10.2. The number of alkyl halides is 3. The first-order valence-corrected chi connectivity index (χ1v) is 7.66. The minimum atomic E-state index is -4.42. The van der Waals surface area contributed by atoms with Crippen molar-refractivity contribution in [3.8, 4) is 5.69 Å². The number of nitrogens with zero attached hydrogens (tertiary/aromatic N) is 4. The van der Waals surface area contributed by atoms with Crippen LogP contribution in [0.25, 0.3) is 5.69 Å². The number of aromatic nitrogens is 2. The summed E-state index contributed by atoms with van der Waals surface area (Å²) < 4.78 is 38.8. The van der Waals surface area contributed by atoms with Gasteiger partial charge in [-0.1, -0.05) is 23.9 Å². The smallest absolute Gasteiger partial charge is 0.303 e. The summed E-state index contributed by atoms with van der Waals surface area (Å²) in [5, 5.41) is 14.4. The largest absolute Gasteiger partial charge is 0.419 e. The van der Waals surface area contributed by atoms with Crippen LogP contribution in [0.3, 0.4) is 0 Å². The number of halogens is 3. The monoisotopic (exact) mass is 353 g/mol. The molecule has 24 heavy (non-hydrogen) atoms. The van der Waals surface area contributed by atoms with E-state index in [0.29, 0.717) is 22.2 Å². The van der Waals surface area contributed by atoms with E-state index in [0.717, 1.165) is 17.1 Å². The summed E-state index contributed by atoms with van der Waals surface area (Å²) in [6.45, 7) is 0. The predicted octanol–water partition coefficient (Wildman–Crippen LogP) is 2.44. The third kappa shape index (κ3) is 3.82. The Morgan fingerprint density at radius 2 is 2.04 bits per heavy atom. The highest BCUT2D eigenvalue weighted by Crippen LogP contribution is 2.29. The van der Waals surface area contributed by atoms with Crippen LogP contribution in [0.2, 0.25) is 0 Å². The van der Waals surface area contributed by atoms with Gasteiger partial charge < -0.3 is 5.32 Å². The van der Waals surface area contributed by atoms with Crippen molar-refractivity contribution in [2.24, 2.45) is 10.2 Å². The summed E-state index contributed by atoms with van der Waals surface area (Å²) in [5.74, 6) is 0.211. The van der Waals surface area contributed by atoms with Crippen molar-refractivity contribution >= 4 is 29.1 Å². The molecule has 124 valence electrons. The number of hydrogen-bond donors (Lipinski definition) is 1. The topological polar surface area (TPSA) is 71.6 Å². The van der Waals surface area contributed by atoms with Gasteiger partial charge in [0.15, 0.2) is 5.17 Å². The summed E-state index contributed by atoms with van der Waals surface area (Å²) >= 11 is 1.26. The maximum absolute atomic E-state index is 12.6. The number of benzene rings is 1. The first-order chi connectivity index (χ1) is 11.4. The number of thioether (sulfide) groups is 1. The predicted molar refractivity (Wildman–Crippen MR) is 84.2 cm³/mol. The lowest BCUT2D eigenvalue weighted by molar-refractivity contribution is -0.137. The van der Waals surface area contributed by atoms with Gasteiger partial charge in [0.05, 0.1) is 29.4 Å². The van der Waals surface area contributed by atoms with Crippen LogP contribution in [0.4, 0.5) is 13.2 Å². The van der Waals surface area contributed by atoms with Gasteiger partial charge in [-0.2, -0.15) is 23.4 Å². The van der Waals surface area contributed by atoms with Gasteiger partial charge in [0.1, 0.15) is 0 Å². The standard InChI is InChI=1S/C14H10F3N5OS/c15-14(16,17)10-6-19-22(7-10)11-3-1-9(2-4-11)5-18-21-13-20-12(23)8-24-13/h1-7H,8H2,(H,20,21,23). The average Bonchev–Trinajstić information content (AvgIpc) is 3.17. The Morgan fingerprint density at radius 3 is 2.62 bits per heavy atom. The Bertz CT molecular complexity index is 811. The Morgan fingerprint density at radius 1 is 1.29 bits per heavy atom. The van der Waals surface area contributed by atoms with Gasteiger partial charge in [0.2, 0.25) is 5.91 Å². The molecule has 1 aromatic carbocycles. The summed E-state index contributed by atoms with van der Waals surface area (Å²) in [6, 6.07) is 6.59. The molecule has 1 amide bonds. The number of carbonyl (C=O) groups is 1. The molecule has 1 fully saturated rings. The maximum atomic E-state index is 12.6. The quantitative estimate of drug-likeness (QED) is 0.681. The van der Waals surface area contributed by atoms with Crippen LogP contribution in [-0.2, 0) is 11.0 Å². The minimum absolute atomic E-state index is 0.115. The Kier molecular flexibility index (Phi) is 4.38. The highest BCUT2D eigenvalue weighted by molar-refractivity contribution is 8.15. The number of amides is 1. The average molecular weight is 353 g/mol. The number of amidine groups is 1. The van der Waals surface area contributed by atoms with Gasteiger partial charge in [0, 0.05) is 6.20 Å². The molecule has 0 unspecified atom stereocenters. The normalized spacial score (nSPS) is 17.0. The number of hydrogen-bond acceptors (Lipinski definition) is 5. The van der Waals surface area contributed by atoms with Crippen LogP contribution < -0.4 is 5.32 Å². The Balaban J connectivity index is 1.69. The van der Waals surface area contributed by atoms with Crippen molar-refractivity contribution in [3.05, 3.63) is 47.8 Å². The molecule has 1 saturated heterocycles. The summed E-state index contributed by atoms with van der Waals surface area (Å²) in [6.07, 6.45) is -1.24. The number of nitrogens with one attached hydrogen (secondary N) is 1. The molecule has 0 aliphatic carbocycles. The van der Waals surface area contributed by atoms with E-state index in [1.807, 2.05) is 0 Å². The van der Waals surface area contributed by atoms with Gasteiger partial charge in [-0.25, -0.2) is 4.68 Å². The molecule has 6 nitrogen and oxygen atoms in total. The molecular weight excluding hydrogens is 343 g/mol.